The first-order chi connectivity index (χ1) is 4.00. The quantitative estimate of drug-likeness (QED) is 0.256. The van der Waals surface area contributed by atoms with E-state index in [1.807, 2.05) is 0 Å². The third-order valence-electron chi connectivity index (χ3n) is 0. The Labute approximate surface area is 116 Å². The Balaban J connectivity index is -0.0000000267. The van der Waals surface area contributed by atoms with E-state index in [9.17, 15) is 0 Å². The van der Waals surface area contributed by atoms with Gasteiger partial charge in [-0.15, -0.1) is 0 Å². The molecule has 8 nitrogen and oxygen atoms in total. The Kier molecular flexibility index (Phi) is 18.9. The summed E-state index contributed by atoms with van der Waals surface area (Å²) >= 11 is -10.5. The Hall–Kier alpha value is 2.03. The number of rotatable bonds is 0. The van der Waals surface area contributed by atoms with Gasteiger partial charge in [-0.1, -0.05) is 0 Å². The maximum absolute atomic E-state index is 8.82. The van der Waals surface area contributed by atoms with E-state index in [1.54, 1.807) is 0 Å². The summed E-state index contributed by atoms with van der Waals surface area (Å²) in [4.78, 5) is 0. The molecular formula is H7Cr2NaO8Pb. The first kappa shape index (κ1) is 23.7. The average molecular weight is 469 g/mol. The summed E-state index contributed by atoms with van der Waals surface area (Å²) in [6.45, 7) is 0. The van der Waals surface area contributed by atoms with Gasteiger partial charge in [-0.25, -0.2) is 0 Å². The van der Waals surface area contributed by atoms with E-state index in [2.05, 4.69) is 0 Å². The first-order valence-corrected chi connectivity index (χ1v) is 5.76. The molecule has 0 bridgehead atoms. The zero-order valence-corrected chi connectivity index (χ0v) is 16.0. The van der Waals surface area contributed by atoms with Gasteiger partial charge >= 0.3 is 116 Å². The second-order valence-corrected chi connectivity index (χ2v) is 3.69. The standard InChI is InChI=1S/2Cr.Na.4H2O.4O.Pb.3H/h;;;4*1H2;;;;;;;;/q2*+2;+1;;;;;;;;;;;;-1/p-4. The van der Waals surface area contributed by atoms with Crippen molar-refractivity contribution in [2.24, 2.45) is 0 Å². The van der Waals surface area contributed by atoms with Crippen molar-refractivity contribution in [1.82, 2.24) is 0 Å². The van der Waals surface area contributed by atoms with E-state index >= 15 is 0 Å². The summed E-state index contributed by atoms with van der Waals surface area (Å²) in [5.41, 5.74) is 0. The second-order valence-electron chi connectivity index (χ2n) is 0.896. The predicted octanol–water partition coefficient (Wildman–Crippen LogP) is -6.51. The Morgan fingerprint density at radius 2 is 0.750 bits per heavy atom. The molecule has 0 aromatic rings. The zero-order chi connectivity index (χ0) is 9.00. The van der Waals surface area contributed by atoms with E-state index in [1.165, 1.54) is 0 Å². The van der Waals surface area contributed by atoms with Crippen molar-refractivity contribution in [3.63, 3.8) is 0 Å². The van der Waals surface area contributed by atoms with E-state index < -0.39 is 27.2 Å². The van der Waals surface area contributed by atoms with Crippen LogP contribution in [0.3, 0.4) is 0 Å². The van der Waals surface area contributed by atoms with Crippen molar-refractivity contribution in [2.45, 2.75) is 0 Å². The van der Waals surface area contributed by atoms with Crippen LogP contribution >= 0.6 is 0 Å². The molecule has 2 radical (unpaired) electrons. The molecule has 4 N–H and O–H groups in total. The molecule has 0 aliphatic heterocycles. The molecule has 12 heavy (non-hydrogen) atoms. The van der Waals surface area contributed by atoms with Crippen LogP contribution in [0.25, 0.3) is 0 Å². The molecule has 0 aliphatic rings. The molecular weight excluding hydrogens is 462 g/mol. The molecule has 0 aromatic heterocycles. The fourth-order valence-corrected chi connectivity index (χ4v) is 0. The molecule has 0 aliphatic carbocycles. The summed E-state index contributed by atoms with van der Waals surface area (Å²) in [6, 6.07) is 0. The molecule has 0 amide bonds. The zero-order valence-electron chi connectivity index (χ0n) is 6.95. The van der Waals surface area contributed by atoms with Crippen LogP contribution in [-0.2, 0) is 42.4 Å². The fraction of sp³-hybridized carbons (Fsp3) is 0. The van der Waals surface area contributed by atoms with Gasteiger partial charge in [0.2, 0.25) is 0 Å². The Morgan fingerprint density at radius 1 is 0.750 bits per heavy atom. The van der Waals surface area contributed by atoms with Crippen molar-refractivity contribution in [3.05, 3.63) is 0 Å². The molecule has 0 rings (SSSR count). The molecule has 0 saturated carbocycles. The summed E-state index contributed by atoms with van der Waals surface area (Å²) < 4.78 is 63.8. The summed E-state index contributed by atoms with van der Waals surface area (Å²) in [6.07, 6.45) is 0. The number of hydrogen-bond acceptors (Lipinski definition) is 4. The topological polar surface area (TPSA) is 149 Å². The molecule has 0 fully saturated rings. The SMILES string of the molecule is [H-].[Na+].[O]=[Cr](=[O])([OH])[OH].[O]=[Cr](=[O])([OH])[OH].[PbH2]. The van der Waals surface area contributed by atoms with Gasteiger partial charge in [-0.05, 0) is 0 Å². The van der Waals surface area contributed by atoms with Crippen molar-refractivity contribution >= 4 is 27.3 Å². The van der Waals surface area contributed by atoms with Crippen LogP contribution in [0.15, 0.2) is 0 Å². The van der Waals surface area contributed by atoms with Crippen LogP contribution in [0.1, 0.15) is 1.43 Å². The van der Waals surface area contributed by atoms with Gasteiger partial charge in [0.05, 0.1) is 0 Å². The minimum absolute atomic E-state index is 0. The maximum atomic E-state index is 8.82. The van der Waals surface area contributed by atoms with Crippen LogP contribution in [0.4, 0.5) is 0 Å². The van der Waals surface area contributed by atoms with Gasteiger partial charge in [0, 0.05) is 0 Å². The van der Waals surface area contributed by atoms with E-state index in [0.29, 0.717) is 0 Å². The molecule has 0 spiro atoms. The molecule has 12 heteroatoms. The van der Waals surface area contributed by atoms with Crippen LogP contribution in [0, 0.1) is 0 Å². The van der Waals surface area contributed by atoms with E-state index in [4.69, 9.17) is 31.8 Å². The minimum atomic E-state index is -5.25. The molecule has 72 valence electrons. The van der Waals surface area contributed by atoms with Gasteiger partial charge in [0.1, 0.15) is 0 Å². The fourth-order valence-electron chi connectivity index (χ4n) is 0. The van der Waals surface area contributed by atoms with Crippen LogP contribution in [0.2, 0.25) is 0 Å². The normalized spacial score (nSPS) is 9.67. The van der Waals surface area contributed by atoms with Gasteiger partial charge in [-0.3, -0.25) is 0 Å². The Bertz CT molecular complexity index is 219. The van der Waals surface area contributed by atoms with Gasteiger partial charge < -0.3 is 1.43 Å². The third kappa shape index (κ3) is 356. The van der Waals surface area contributed by atoms with Gasteiger partial charge in [0.15, 0.2) is 0 Å². The van der Waals surface area contributed by atoms with Crippen molar-refractivity contribution < 1.29 is 90.1 Å². The predicted molar refractivity (Wildman–Crippen MR) is 21.3 cm³/mol. The van der Waals surface area contributed by atoms with E-state index in [-0.39, 0.29) is 58.3 Å². The van der Waals surface area contributed by atoms with Crippen molar-refractivity contribution in [1.29, 1.82) is 0 Å². The van der Waals surface area contributed by atoms with Gasteiger partial charge in [0.25, 0.3) is 0 Å². The Morgan fingerprint density at radius 3 is 0.750 bits per heavy atom. The first-order valence-electron chi connectivity index (χ1n) is 1.40. The van der Waals surface area contributed by atoms with Crippen LogP contribution < -0.4 is 29.6 Å². The third-order valence-corrected chi connectivity index (χ3v) is 0. The average Bonchev–Trinajstić information content (AvgIpc) is 1.12. The summed E-state index contributed by atoms with van der Waals surface area (Å²) in [5.74, 6) is 0. The van der Waals surface area contributed by atoms with Gasteiger partial charge in [-0.2, -0.15) is 0 Å². The van der Waals surface area contributed by atoms with Crippen LogP contribution in [0.5, 0.6) is 0 Å². The number of hydrogen-bond donors (Lipinski definition) is 4. The summed E-state index contributed by atoms with van der Waals surface area (Å²) in [5, 5.41) is 0. The van der Waals surface area contributed by atoms with E-state index in [0.717, 1.165) is 0 Å². The van der Waals surface area contributed by atoms with Crippen LogP contribution in [-0.4, -0.2) is 43.9 Å². The molecule has 0 heterocycles. The molecule has 0 atom stereocenters. The van der Waals surface area contributed by atoms with Crippen molar-refractivity contribution in [2.75, 3.05) is 0 Å². The monoisotopic (exact) mass is 470 g/mol. The molecule has 0 saturated heterocycles. The second kappa shape index (κ2) is 9.58. The van der Waals surface area contributed by atoms with Crippen molar-refractivity contribution in [3.8, 4) is 0 Å². The summed E-state index contributed by atoms with van der Waals surface area (Å²) in [7, 11) is 0. The molecule has 0 unspecified atom stereocenters. The molecule has 0 aromatic carbocycles.